The standard InChI is InChI=1S/C21H24N2O5S/c1-13-5-6-14(2)17(11-13)22-21(25)18-8-10-20(24)23(18)29(26,27)16-7-9-19(28-4)15(3)12-16/h5-7,9,11-12,18H,8,10H2,1-4H3,(H,22,25)/t18-/m1/s1. The van der Waals surface area contributed by atoms with Crippen LogP contribution in [0.1, 0.15) is 29.5 Å². The number of aryl methyl sites for hydroxylation is 3. The summed E-state index contributed by atoms with van der Waals surface area (Å²) < 4.78 is 32.2. The second kappa shape index (κ2) is 7.87. The molecule has 0 bridgehead atoms. The highest BCUT2D eigenvalue weighted by atomic mass is 32.2. The Kier molecular flexibility index (Phi) is 5.66. The summed E-state index contributed by atoms with van der Waals surface area (Å²) in [5.41, 5.74) is 3.05. The molecular weight excluding hydrogens is 392 g/mol. The number of sulfonamides is 1. The number of carbonyl (C=O) groups is 2. The summed E-state index contributed by atoms with van der Waals surface area (Å²) in [6.45, 7) is 5.47. The Balaban J connectivity index is 1.92. The number of ether oxygens (including phenoxy) is 1. The lowest BCUT2D eigenvalue weighted by Crippen LogP contribution is -2.45. The number of nitrogens with zero attached hydrogens (tertiary/aromatic N) is 1. The summed E-state index contributed by atoms with van der Waals surface area (Å²) in [7, 11) is -2.68. The molecule has 0 aliphatic carbocycles. The van der Waals surface area contributed by atoms with Crippen molar-refractivity contribution in [1.82, 2.24) is 4.31 Å². The van der Waals surface area contributed by atoms with Gasteiger partial charge in [0.05, 0.1) is 12.0 Å². The molecule has 1 N–H and O–H groups in total. The van der Waals surface area contributed by atoms with Crippen LogP contribution in [0.25, 0.3) is 0 Å². The quantitative estimate of drug-likeness (QED) is 0.809. The van der Waals surface area contributed by atoms with Crippen LogP contribution in [-0.4, -0.2) is 37.7 Å². The number of nitrogens with one attached hydrogen (secondary N) is 1. The van der Waals surface area contributed by atoms with E-state index in [0.717, 1.165) is 11.1 Å². The number of amides is 2. The molecule has 154 valence electrons. The fourth-order valence-corrected chi connectivity index (χ4v) is 5.10. The highest BCUT2D eigenvalue weighted by molar-refractivity contribution is 7.89. The summed E-state index contributed by atoms with van der Waals surface area (Å²) in [6.07, 6.45) is 0.142. The number of rotatable bonds is 5. The van der Waals surface area contributed by atoms with E-state index in [2.05, 4.69) is 5.32 Å². The van der Waals surface area contributed by atoms with E-state index in [0.29, 0.717) is 21.3 Å². The number of anilines is 1. The van der Waals surface area contributed by atoms with Crippen LogP contribution in [0.4, 0.5) is 5.69 Å². The van der Waals surface area contributed by atoms with Gasteiger partial charge < -0.3 is 10.1 Å². The molecule has 1 aliphatic heterocycles. The second-order valence-corrected chi connectivity index (χ2v) is 9.00. The molecule has 2 aromatic rings. The molecule has 7 nitrogen and oxygen atoms in total. The van der Waals surface area contributed by atoms with Crippen molar-refractivity contribution in [3.63, 3.8) is 0 Å². The largest absolute Gasteiger partial charge is 0.496 e. The van der Waals surface area contributed by atoms with Crippen molar-refractivity contribution in [1.29, 1.82) is 0 Å². The second-order valence-electron chi connectivity index (χ2n) is 7.19. The lowest BCUT2D eigenvalue weighted by molar-refractivity contribution is -0.128. The van der Waals surface area contributed by atoms with Crippen molar-refractivity contribution in [2.24, 2.45) is 0 Å². The van der Waals surface area contributed by atoms with Crippen molar-refractivity contribution in [3.05, 3.63) is 53.1 Å². The first-order chi connectivity index (χ1) is 13.6. The zero-order valence-corrected chi connectivity index (χ0v) is 17.7. The van der Waals surface area contributed by atoms with Crippen molar-refractivity contribution < 1.29 is 22.7 Å². The van der Waals surface area contributed by atoms with Crippen molar-refractivity contribution in [3.8, 4) is 5.75 Å². The molecule has 1 heterocycles. The molecule has 1 atom stereocenters. The zero-order chi connectivity index (χ0) is 21.3. The molecule has 0 unspecified atom stereocenters. The topological polar surface area (TPSA) is 92.8 Å². The average molecular weight is 416 g/mol. The van der Waals surface area contributed by atoms with Crippen LogP contribution in [0.2, 0.25) is 0 Å². The minimum absolute atomic E-state index is 0.000741. The minimum Gasteiger partial charge on any atom is -0.496 e. The Morgan fingerprint density at radius 1 is 1.10 bits per heavy atom. The number of benzene rings is 2. The molecule has 1 fully saturated rings. The van der Waals surface area contributed by atoms with Gasteiger partial charge in [0, 0.05) is 12.1 Å². The van der Waals surface area contributed by atoms with Crippen LogP contribution in [0.5, 0.6) is 5.75 Å². The summed E-state index contributed by atoms with van der Waals surface area (Å²) in [5, 5.41) is 2.78. The van der Waals surface area contributed by atoms with Crippen LogP contribution >= 0.6 is 0 Å². The maximum Gasteiger partial charge on any atom is 0.267 e. The average Bonchev–Trinajstić information content (AvgIpc) is 3.07. The molecule has 3 rings (SSSR count). The third-order valence-electron chi connectivity index (χ3n) is 5.04. The predicted octanol–water partition coefficient (Wildman–Crippen LogP) is 2.94. The first-order valence-corrected chi connectivity index (χ1v) is 10.7. The highest BCUT2D eigenvalue weighted by Gasteiger charge is 2.44. The van der Waals surface area contributed by atoms with Crippen molar-refractivity contribution in [2.45, 2.75) is 44.6 Å². The molecule has 1 aliphatic rings. The molecule has 2 aromatic carbocycles. The lowest BCUT2D eigenvalue weighted by Gasteiger charge is -2.24. The van der Waals surface area contributed by atoms with Gasteiger partial charge in [0.25, 0.3) is 10.0 Å². The molecule has 0 spiro atoms. The number of methoxy groups -OCH3 is 1. The molecule has 29 heavy (non-hydrogen) atoms. The zero-order valence-electron chi connectivity index (χ0n) is 16.9. The first-order valence-electron chi connectivity index (χ1n) is 9.25. The molecule has 0 aromatic heterocycles. The Morgan fingerprint density at radius 3 is 2.48 bits per heavy atom. The third kappa shape index (κ3) is 3.98. The van der Waals surface area contributed by atoms with E-state index < -0.39 is 27.9 Å². The van der Waals surface area contributed by atoms with Gasteiger partial charge in [0.1, 0.15) is 11.8 Å². The van der Waals surface area contributed by atoms with Gasteiger partial charge in [0.15, 0.2) is 0 Å². The maximum atomic E-state index is 13.2. The normalized spacial score (nSPS) is 16.8. The van der Waals surface area contributed by atoms with Gasteiger partial charge in [-0.25, -0.2) is 12.7 Å². The number of hydrogen-bond acceptors (Lipinski definition) is 5. The maximum absolute atomic E-state index is 13.2. The molecule has 8 heteroatoms. The lowest BCUT2D eigenvalue weighted by atomic mass is 10.1. The van der Waals surface area contributed by atoms with Crippen molar-refractivity contribution >= 4 is 27.5 Å². The smallest absolute Gasteiger partial charge is 0.267 e. The van der Waals surface area contributed by atoms with Gasteiger partial charge in [-0.05, 0) is 68.1 Å². The summed E-state index contributed by atoms with van der Waals surface area (Å²) in [6, 6.07) is 8.89. The van der Waals surface area contributed by atoms with Gasteiger partial charge in [-0.15, -0.1) is 0 Å². The van der Waals surface area contributed by atoms with Crippen LogP contribution in [-0.2, 0) is 19.6 Å². The molecule has 0 radical (unpaired) electrons. The molecular formula is C21H24N2O5S. The van der Waals surface area contributed by atoms with E-state index >= 15 is 0 Å². The molecule has 2 amide bonds. The van der Waals surface area contributed by atoms with Gasteiger partial charge in [-0.2, -0.15) is 0 Å². The molecule has 1 saturated heterocycles. The van der Waals surface area contributed by atoms with E-state index in [-0.39, 0.29) is 17.7 Å². The monoisotopic (exact) mass is 416 g/mol. The Morgan fingerprint density at radius 2 is 1.83 bits per heavy atom. The van der Waals surface area contributed by atoms with E-state index in [9.17, 15) is 18.0 Å². The number of carbonyl (C=O) groups excluding carboxylic acids is 2. The molecule has 0 saturated carbocycles. The van der Waals surface area contributed by atoms with Gasteiger partial charge in [0.2, 0.25) is 11.8 Å². The van der Waals surface area contributed by atoms with Gasteiger partial charge >= 0.3 is 0 Å². The Labute approximate surface area is 170 Å². The first kappa shape index (κ1) is 20.9. The highest BCUT2D eigenvalue weighted by Crippen LogP contribution is 2.30. The SMILES string of the molecule is COc1ccc(S(=O)(=O)N2C(=O)CC[C@@H]2C(=O)Nc2cc(C)ccc2C)cc1C. The van der Waals surface area contributed by atoms with Crippen LogP contribution in [0, 0.1) is 20.8 Å². The third-order valence-corrected chi connectivity index (χ3v) is 6.86. The minimum atomic E-state index is -4.17. The summed E-state index contributed by atoms with van der Waals surface area (Å²) in [5.74, 6) is -0.557. The van der Waals surface area contributed by atoms with Crippen molar-refractivity contribution in [2.75, 3.05) is 12.4 Å². The van der Waals surface area contributed by atoms with Crippen LogP contribution in [0.15, 0.2) is 41.3 Å². The fourth-order valence-electron chi connectivity index (χ4n) is 3.41. The number of hydrogen-bond donors (Lipinski definition) is 1. The van der Waals surface area contributed by atoms with E-state index in [4.69, 9.17) is 4.74 Å². The van der Waals surface area contributed by atoms with E-state index in [1.54, 1.807) is 6.92 Å². The summed E-state index contributed by atoms with van der Waals surface area (Å²) in [4.78, 5) is 25.3. The van der Waals surface area contributed by atoms with Gasteiger partial charge in [-0.1, -0.05) is 12.1 Å². The van der Waals surface area contributed by atoms with Gasteiger partial charge in [-0.3, -0.25) is 9.59 Å². The summed E-state index contributed by atoms with van der Waals surface area (Å²) >= 11 is 0. The Bertz CT molecular complexity index is 1080. The van der Waals surface area contributed by atoms with E-state index in [1.165, 1.54) is 25.3 Å². The van der Waals surface area contributed by atoms with Crippen LogP contribution in [0.3, 0.4) is 0 Å². The fraction of sp³-hybridized carbons (Fsp3) is 0.333. The van der Waals surface area contributed by atoms with Crippen LogP contribution < -0.4 is 10.1 Å². The Hall–Kier alpha value is -2.87. The van der Waals surface area contributed by atoms with E-state index in [1.807, 2.05) is 32.0 Å². The predicted molar refractivity (Wildman–Crippen MR) is 109 cm³/mol.